The average molecular weight is 297 g/mol. The number of nitrogens with two attached hydrogens (primary N) is 1. The van der Waals surface area contributed by atoms with Gasteiger partial charge in [-0.3, -0.25) is 4.79 Å². The Balaban J connectivity index is 1.76. The molecule has 1 amide bonds. The fraction of sp³-hybridized carbons (Fsp3) is 0.462. The minimum absolute atomic E-state index is 0.0409. The smallest absolute Gasteiger partial charge is 0.224 e. The Kier molecular flexibility index (Phi) is 4.18. The molecule has 1 atom stereocenters. The molecule has 3 nitrogen and oxygen atoms in total. The molecule has 17 heavy (non-hydrogen) atoms. The lowest BCUT2D eigenvalue weighted by atomic mass is 10.1. The molecular formula is C13H17BrN2O. The van der Waals surface area contributed by atoms with Gasteiger partial charge in [0.1, 0.15) is 0 Å². The summed E-state index contributed by atoms with van der Waals surface area (Å²) in [5.41, 5.74) is 6.93. The zero-order valence-electron chi connectivity index (χ0n) is 9.66. The molecule has 3 N–H and O–H groups in total. The van der Waals surface area contributed by atoms with Crippen LogP contribution in [0.5, 0.6) is 0 Å². The van der Waals surface area contributed by atoms with Crippen molar-refractivity contribution in [1.82, 2.24) is 5.32 Å². The van der Waals surface area contributed by atoms with Crippen molar-refractivity contribution in [3.05, 3.63) is 34.3 Å². The Bertz CT molecular complexity index is 404. The van der Waals surface area contributed by atoms with Gasteiger partial charge in [-0.15, -0.1) is 0 Å². The van der Waals surface area contributed by atoms with Gasteiger partial charge in [0, 0.05) is 17.1 Å². The van der Waals surface area contributed by atoms with Crippen molar-refractivity contribution >= 4 is 21.8 Å². The van der Waals surface area contributed by atoms with E-state index in [1.165, 1.54) is 12.8 Å². The van der Waals surface area contributed by atoms with Gasteiger partial charge in [-0.05, 0) is 36.5 Å². The van der Waals surface area contributed by atoms with E-state index in [0.717, 1.165) is 10.0 Å². The van der Waals surface area contributed by atoms with Crippen LogP contribution >= 0.6 is 15.9 Å². The Labute approximate surface area is 110 Å². The van der Waals surface area contributed by atoms with Crippen LogP contribution in [0.3, 0.4) is 0 Å². The van der Waals surface area contributed by atoms with Gasteiger partial charge in [0.15, 0.2) is 0 Å². The number of hydrogen-bond donors (Lipinski definition) is 2. The van der Waals surface area contributed by atoms with Crippen molar-refractivity contribution in [3.8, 4) is 0 Å². The minimum Gasteiger partial charge on any atom is -0.354 e. The summed E-state index contributed by atoms with van der Waals surface area (Å²) in [5, 5.41) is 2.89. The van der Waals surface area contributed by atoms with Crippen molar-refractivity contribution in [3.63, 3.8) is 0 Å². The summed E-state index contributed by atoms with van der Waals surface area (Å²) in [4.78, 5) is 11.7. The van der Waals surface area contributed by atoms with E-state index in [1.54, 1.807) is 0 Å². The van der Waals surface area contributed by atoms with Crippen molar-refractivity contribution in [2.45, 2.75) is 25.3 Å². The van der Waals surface area contributed by atoms with E-state index < -0.39 is 0 Å². The number of benzene rings is 1. The number of carbonyl (C=O) groups is 1. The third-order valence-corrected chi connectivity index (χ3v) is 3.51. The molecule has 0 saturated heterocycles. The van der Waals surface area contributed by atoms with Gasteiger partial charge in [0.2, 0.25) is 5.91 Å². The number of rotatable bonds is 5. The van der Waals surface area contributed by atoms with Crippen molar-refractivity contribution in [2.75, 3.05) is 6.54 Å². The first kappa shape index (κ1) is 12.6. The molecule has 0 bridgehead atoms. The van der Waals surface area contributed by atoms with Crippen molar-refractivity contribution in [1.29, 1.82) is 0 Å². The van der Waals surface area contributed by atoms with Crippen LogP contribution in [0.15, 0.2) is 28.7 Å². The Morgan fingerprint density at radius 3 is 2.94 bits per heavy atom. The molecule has 0 aromatic heterocycles. The van der Waals surface area contributed by atoms with E-state index in [-0.39, 0.29) is 11.9 Å². The van der Waals surface area contributed by atoms with Crippen LogP contribution in [-0.2, 0) is 11.2 Å². The SMILES string of the molecule is NC(CNC(=O)Cc1cccc(Br)c1)C1CC1. The van der Waals surface area contributed by atoms with Crippen LogP contribution in [0.25, 0.3) is 0 Å². The molecule has 2 rings (SSSR count). The number of carbonyl (C=O) groups excluding carboxylic acids is 1. The first-order valence-electron chi connectivity index (χ1n) is 5.92. The molecule has 1 aromatic rings. The van der Waals surface area contributed by atoms with Crippen LogP contribution in [0.2, 0.25) is 0 Å². The quantitative estimate of drug-likeness (QED) is 0.871. The first-order valence-corrected chi connectivity index (χ1v) is 6.71. The van der Waals surface area contributed by atoms with Crippen LogP contribution in [0, 0.1) is 5.92 Å². The highest BCUT2D eigenvalue weighted by molar-refractivity contribution is 9.10. The largest absolute Gasteiger partial charge is 0.354 e. The highest BCUT2D eigenvalue weighted by Crippen LogP contribution is 2.31. The normalized spacial score (nSPS) is 16.6. The van der Waals surface area contributed by atoms with E-state index in [1.807, 2.05) is 24.3 Å². The minimum atomic E-state index is 0.0409. The second kappa shape index (κ2) is 5.65. The molecule has 0 aliphatic heterocycles. The fourth-order valence-electron chi connectivity index (χ4n) is 1.82. The summed E-state index contributed by atoms with van der Waals surface area (Å²) in [6, 6.07) is 7.92. The van der Waals surface area contributed by atoms with Crippen LogP contribution in [0.4, 0.5) is 0 Å². The molecule has 0 heterocycles. The molecule has 1 fully saturated rings. The van der Waals surface area contributed by atoms with E-state index in [4.69, 9.17) is 5.73 Å². The number of nitrogens with one attached hydrogen (secondary N) is 1. The Hall–Kier alpha value is -0.870. The predicted octanol–water partition coefficient (Wildman–Crippen LogP) is 1.85. The lowest BCUT2D eigenvalue weighted by molar-refractivity contribution is -0.120. The molecule has 4 heteroatoms. The molecule has 1 aromatic carbocycles. The zero-order valence-corrected chi connectivity index (χ0v) is 11.2. The van der Waals surface area contributed by atoms with Gasteiger partial charge in [0.05, 0.1) is 6.42 Å². The summed E-state index contributed by atoms with van der Waals surface area (Å²) in [6.07, 6.45) is 2.84. The second-order valence-electron chi connectivity index (χ2n) is 4.61. The molecule has 0 spiro atoms. The molecule has 1 aliphatic carbocycles. The lowest BCUT2D eigenvalue weighted by Gasteiger charge is -2.11. The van der Waals surface area contributed by atoms with Crippen molar-refractivity contribution in [2.24, 2.45) is 11.7 Å². The summed E-state index contributed by atoms with van der Waals surface area (Å²) < 4.78 is 0.998. The van der Waals surface area contributed by atoms with Crippen LogP contribution in [-0.4, -0.2) is 18.5 Å². The maximum absolute atomic E-state index is 11.7. The average Bonchev–Trinajstić information content (AvgIpc) is 3.09. The van der Waals surface area contributed by atoms with Crippen LogP contribution < -0.4 is 11.1 Å². The summed E-state index contributed by atoms with van der Waals surface area (Å²) in [6.45, 7) is 0.595. The maximum Gasteiger partial charge on any atom is 0.224 e. The third-order valence-electron chi connectivity index (χ3n) is 3.02. The van der Waals surface area contributed by atoms with E-state index >= 15 is 0 Å². The van der Waals surface area contributed by atoms with Gasteiger partial charge in [-0.1, -0.05) is 28.1 Å². The number of hydrogen-bond acceptors (Lipinski definition) is 2. The summed E-state index contributed by atoms with van der Waals surface area (Å²) in [7, 11) is 0. The Morgan fingerprint density at radius 1 is 1.53 bits per heavy atom. The molecule has 0 radical (unpaired) electrons. The maximum atomic E-state index is 11.7. The standard InChI is InChI=1S/C13H17BrN2O/c14-11-3-1-2-9(6-11)7-13(17)16-8-12(15)10-4-5-10/h1-3,6,10,12H,4-5,7-8,15H2,(H,16,17). The topological polar surface area (TPSA) is 55.1 Å². The van der Waals surface area contributed by atoms with Crippen LogP contribution in [0.1, 0.15) is 18.4 Å². The van der Waals surface area contributed by atoms with Gasteiger partial charge < -0.3 is 11.1 Å². The first-order chi connectivity index (χ1) is 8.15. The van der Waals surface area contributed by atoms with E-state index in [9.17, 15) is 4.79 Å². The Morgan fingerprint density at radius 2 is 2.29 bits per heavy atom. The molecular weight excluding hydrogens is 280 g/mol. The predicted molar refractivity (Wildman–Crippen MR) is 71.6 cm³/mol. The molecule has 1 unspecified atom stereocenters. The second-order valence-corrected chi connectivity index (χ2v) is 5.53. The fourth-order valence-corrected chi connectivity index (χ4v) is 2.26. The molecule has 1 saturated carbocycles. The van der Waals surface area contributed by atoms with Gasteiger partial charge >= 0.3 is 0 Å². The van der Waals surface area contributed by atoms with Gasteiger partial charge in [0.25, 0.3) is 0 Å². The summed E-state index contributed by atoms with van der Waals surface area (Å²) >= 11 is 3.39. The highest BCUT2D eigenvalue weighted by Gasteiger charge is 2.28. The van der Waals surface area contributed by atoms with Crippen molar-refractivity contribution < 1.29 is 4.79 Å². The number of amides is 1. The highest BCUT2D eigenvalue weighted by atomic mass is 79.9. The third kappa shape index (κ3) is 4.13. The lowest BCUT2D eigenvalue weighted by Crippen LogP contribution is -2.39. The monoisotopic (exact) mass is 296 g/mol. The summed E-state index contributed by atoms with van der Waals surface area (Å²) in [5.74, 6) is 0.667. The van der Waals surface area contributed by atoms with Gasteiger partial charge in [-0.25, -0.2) is 0 Å². The number of halogens is 1. The molecule has 92 valence electrons. The van der Waals surface area contributed by atoms with Gasteiger partial charge in [-0.2, -0.15) is 0 Å². The molecule has 1 aliphatic rings. The van der Waals surface area contributed by atoms with E-state index in [0.29, 0.717) is 18.9 Å². The zero-order chi connectivity index (χ0) is 12.3. The van der Waals surface area contributed by atoms with E-state index in [2.05, 4.69) is 21.2 Å².